The average Bonchev–Trinajstić information content (AvgIpc) is 2.60. The van der Waals surface area contributed by atoms with Gasteiger partial charge in [0.2, 0.25) is 0 Å². The first-order valence-electron chi connectivity index (χ1n) is 10.6. The van der Waals surface area contributed by atoms with Gasteiger partial charge in [0.15, 0.2) is 6.33 Å². The Kier molecular flexibility index (Phi) is 13.7. The zero-order valence-electron chi connectivity index (χ0n) is 16.3. The lowest BCUT2D eigenvalue weighted by molar-refractivity contribution is 0.583. The van der Waals surface area contributed by atoms with Gasteiger partial charge in [-0.25, -0.2) is 9.97 Å². The second-order valence-electron chi connectivity index (χ2n) is 7.19. The van der Waals surface area contributed by atoms with Crippen LogP contribution >= 0.6 is 0 Å². The lowest BCUT2D eigenvalue weighted by atomic mass is 10.1. The first kappa shape index (κ1) is 21.1. The molecule has 0 unspecified atom stereocenters. The van der Waals surface area contributed by atoms with Crippen LogP contribution in [0.5, 0.6) is 0 Å². The topological polar surface area (TPSA) is 25.8 Å². The summed E-state index contributed by atoms with van der Waals surface area (Å²) in [6, 6.07) is 2.21. The Morgan fingerprint density at radius 1 is 0.583 bits per heavy atom. The van der Waals surface area contributed by atoms with E-state index in [-0.39, 0.29) is 0 Å². The third kappa shape index (κ3) is 11.6. The van der Waals surface area contributed by atoms with Crippen molar-refractivity contribution in [2.24, 2.45) is 0 Å². The molecule has 0 spiro atoms. The molecule has 0 N–H and O–H groups in total. The Hall–Kier alpha value is -0.920. The van der Waals surface area contributed by atoms with E-state index in [1.807, 2.05) is 0 Å². The highest BCUT2D eigenvalue weighted by Gasteiger charge is 2.01. The van der Waals surface area contributed by atoms with Crippen LogP contribution in [-0.4, -0.2) is 9.97 Å². The zero-order valence-corrected chi connectivity index (χ0v) is 16.3. The van der Waals surface area contributed by atoms with Crippen molar-refractivity contribution in [3.63, 3.8) is 0 Å². The minimum Gasteiger partial charge on any atom is -0.230 e. The van der Waals surface area contributed by atoms with Crippen LogP contribution in [0.1, 0.15) is 115 Å². The summed E-state index contributed by atoms with van der Waals surface area (Å²) >= 11 is 0. The standard InChI is InChI=1S/C22H39N2/c1-3-5-7-9-11-13-15-17-21-19-22(24-20-23-21)18-16-14-12-10-8-6-4-2/h19H,3-18H2,1-2H3. The fraction of sp³-hybridized carbons (Fsp3) is 0.818. The average molecular weight is 332 g/mol. The summed E-state index contributed by atoms with van der Waals surface area (Å²) in [5.41, 5.74) is 2.38. The van der Waals surface area contributed by atoms with E-state index in [2.05, 4.69) is 36.2 Å². The van der Waals surface area contributed by atoms with Crippen LogP contribution in [0.15, 0.2) is 6.07 Å². The summed E-state index contributed by atoms with van der Waals surface area (Å²) in [7, 11) is 0. The second kappa shape index (κ2) is 15.6. The summed E-state index contributed by atoms with van der Waals surface area (Å²) in [6.07, 6.45) is 24.0. The van der Waals surface area contributed by atoms with Crippen molar-refractivity contribution in [1.82, 2.24) is 9.97 Å². The van der Waals surface area contributed by atoms with E-state index in [0.717, 1.165) is 12.8 Å². The Balaban J connectivity index is 2.08. The Morgan fingerprint density at radius 3 is 1.38 bits per heavy atom. The lowest BCUT2D eigenvalue weighted by Gasteiger charge is -2.04. The molecule has 0 fully saturated rings. The highest BCUT2D eigenvalue weighted by Crippen LogP contribution is 2.12. The fourth-order valence-electron chi connectivity index (χ4n) is 3.19. The molecule has 1 radical (unpaired) electrons. The van der Waals surface area contributed by atoms with E-state index in [1.165, 1.54) is 101 Å². The predicted molar refractivity (Wildman–Crippen MR) is 104 cm³/mol. The van der Waals surface area contributed by atoms with Crippen molar-refractivity contribution in [3.05, 3.63) is 23.8 Å². The maximum Gasteiger partial charge on any atom is 0.198 e. The van der Waals surface area contributed by atoms with Gasteiger partial charge < -0.3 is 0 Å². The van der Waals surface area contributed by atoms with Gasteiger partial charge >= 0.3 is 0 Å². The molecule has 0 saturated heterocycles. The number of aromatic nitrogens is 2. The van der Waals surface area contributed by atoms with Gasteiger partial charge in [0.25, 0.3) is 0 Å². The Bertz CT molecular complexity index is 356. The van der Waals surface area contributed by atoms with Crippen LogP contribution in [0.4, 0.5) is 0 Å². The first-order chi connectivity index (χ1) is 11.9. The molecule has 2 nitrogen and oxygen atoms in total. The summed E-state index contributed by atoms with van der Waals surface area (Å²) < 4.78 is 0. The Morgan fingerprint density at radius 2 is 0.958 bits per heavy atom. The number of nitrogens with zero attached hydrogens (tertiary/aromatic N) is 2. The smallest absolute Gasteiger partial charge is 0.198 e. The molecule has 0 aliphatic rings. The van der Waals surface area contributed by atoms with E-state index in [9.17, 15) is 0 Å². The summed E-state index contributed by atoms with van der Waals surface area (Å²) in [5, 5.41) is 0. The molecule has 1 aromatic rings. The second-order valence-corrected chi connectivity index (χ2v) is 7.19. The summed E-state index contributed by atoms with van der Waals surface area (Å²) in [5.74, 6) is 0. The highest BCUT2D eigenvalue weighted by atomic mass is 14.8. The zero-order chi connectivity index (χ0) is 17.3. The molecule has 24 heavy (non-hydrogen) atoms. The van der Waals surface area contributed by atoms with E-state index in [0.29, 0.717) is 0 Å². The van der Waals surface area contributed by atoms with Gasteiger partial charge in [-0.3, -0.25) is 0 Å². The molecular weight excluding hydrogens is 292 g/mol. The predicted octanol–water partition coefficient (Wildman–Crippen LogP) is 6.86. The minimum atomic E-state index is 1.09. The van der Waals surface area contributed by atoms with E-state index in [4.69, 9.17) is 0 Å². The SMILES string of the molecule is CCCCCCCCCc1cc(CCCCCCCCC)n[c]n1. The molecular formula is C22H39N2. The molecule has 137 valence electrons. The van der Waals surface area contributed by atoms with Crippen molar-refractivity contribution < 1.29 is 0 Å². The van der Waals surface area contributed by atoms with Crippen LogP contribution in [0.3, 0.4) is 0 Å². The summed E-state index contributed by atoms with van der Waals surface area (Å²) in [4.78, 5) is 8.66. The van der Waals surface area contributed by atoms with Gasteiger partial charge in [-0.1, -0.05) is 90.9 Å². The van der Waals surface area contributed by atoms with E-state index >= 15 is 0 Å². The van der Waals surface area contributed by atoms with Gasteiger partial charge in [0, 0.05) is 11.4 Å². The maximum absolute atomic E-state index is 4.33. The van der Waals surface area contributed by atoms with Gasteiger partial charge in [0.1, 0.15) is 0 Å². The Labute approximate surface area is 150 Å². The number of unbranched alkanes of at least 4 members (excludes halogenated alkanes) is 12. The van der Waals surface area contributed by atoms with Crippen molar-refractivity contribution in [2.75, 3.05) is 0 Å². The summed E-state index contributed by atoms with van der Waals surface area (Å²) in [6.45, 7) is 4.55. The van der Waals surface area contributed by atoms with E-state index in [1.54, 1.807) is 0 Å². The van der Waals surface area contributed by atoms with Gasteiger partial charge in [0.05, 0.1) is 0 Å². The number of aryl methyl sites for hydroxylation is 2. The van der Waals surface area contributed by atoms with Gasteiger partial charge in [-0.05, 0) is 31.7 Å². The maximum atomic E-state index is 4.33. The molecule has 0 bridgehead atoms. The van der Waals surface area contributed by atoms with E-state index < -0.39 is 0 Å². The molecule has 0 amide bonds. The molecule has 0 atom stereocenters. The normalized spacial score (nSPS) is 11.1. The fourth-order valence-corrected chi connectivity index (χ4v) is 3.19. The number of rotatable bonds is 16. The van der Waals surface area contributed by atoms with Crippen molar-refractivity contribution >= 4 is 0 Å². The number of hydrogen-bond acceptors (Lipinski definition) is 2. The third-order valence-corrected chi connectivity index (χ3v) is 4.79. The number of hydrogen-bond donors (Lipinski definition) is 0. The van der Waals surface area contributed by atoms with Crippen molar-refractivity contribution in [1.29, 1.82) is 0 Å². The van der Waals surface area contributed by atoms with Crippen LogP contribution in [0.2, 0.25) is 0 Å². The van der Waals surface area contributed by atoms with Gasteiger partial charge in [-0.15, -0.1) is 0 Å². The lowest BCUT2D eigenvalue weighted by Crippen LogP contribution is -1.97. The van der Waals surface area contributed by atoms with Crippen molar-refractivity contribution in [2.45, 2.75) is 117 Å². The van der Waals surface area contributed by atoms with Crippen molar-refractivity contribution in [3.8, 4) is 0 Å². The first-order valence-corrected chi connectivity index (χ1v) is 10.6. The molecule has 1 aromatic heterocycles. The molecule has 0 aromatic carbocycles. The van der Waals surface area contributed by atoms with Crippen LogP contribution in [0, 0.1) is 6.33 Å². The molecule has 0 aliphatic carbocycles. The molecule has 0 aliphatic heterocycles. The molecule has 1 heterocycles. The third-order valence-electron chi connectivity index (χ3n) is 4.79. The minimum absolute atomic E-state index is 1.09. The highest BCUT2D eigenvalue weighted by molar-refractivity contribution is 5.08. The van der Waals surface area contributed by atoms with Crippen LogP contribution in [-0.2, 0) is 12.8 Å². The monoisotopic (exact) mass is 331 g/mol. The quantitative estimate of drug-likeness (QED) is 0.309. The largest absolute Gasteiger partial charge is 0.230 e. The van der Waals surface area contributed by atoms with Gasteiger partial charge in [-0.2, -0.15) is 0 Å². The molecule has 2 heteroatoms. The molecule has 0 saturated carbocycles. The molecule has 1 rings (SSSR count). The van der Waals surface area contributed by atoms with Crippen LogP contribution in [0.25, 0.3) is 0 Å². The van der Waals surface area contributed by atoms with Crippen LogP contribution < -0.4 is 0 Å².